The number of nitrogens with one attached hydrogen (secondary N) is 1. The van der Waals surface area contributed by atoms with Gasteiger partial charge in [0.1, 0.15) is 11.6 Å². The van der Waals surface area contributed by atoms with Gasteiger partial charge >= 0.3 is 5.97 Å². The van der Waals surface area contributed by atoms with Gasteiger partial charge < -0.3 is 14.8 Å². The normalized spacial score (nSPS) is 10.1. The average molecular weight is 380 g/mol. The summed E-state index contributed by atoms with van der Waals surface area (Å²) in [7, 11) is 0. The summed E-state index contributed by atoms with van der Waals surface area (Å²) < 4.78 is 23.4. The Morgan fingerprint density at radius 1 is 1.08 bits per heavy atom. The molecule has 1 N–H and O–H groups in total. The van der Waals surface area contributed by atoms with Gasteiger partial charge in [-0.25, -0.2) is 9.18 Å². The van der Waals surface area contributed by atoms with Crippen LogP contribution < -0.4 is 10.1 Å². The maximum atomic E-state index is 13.5. The molecule has 2 aromatic carbocycles. The Morgan fingerprint density at radius 2 is 1.77 bits per heavy atom. The molecule has 26 heavy (non-hydrogen) atoms. The molecule has 0 spiro atoms. The Balaban J connectivity index is 1.76. The molecule has 8 heteroatoms. The van der Waals surface area contributed by atoms with Crippen molar-refractivity contribution in [1.82, 2.24) is 0 Å². The van der Waals surface area contributed by atoms with E-state index in [1.807, 2.05) is 0 Å². The summed E-state index contributed by atoms with van der Waals surface area (Å²) >= 11 is 5.72. The highest BCUT2D eigenvalue weighted by atomic mass is 35.5. The van der Waals surface area contributed by atoms with E-state index in [4.69, 9.17) is 21.1 Å². The number of amides is 1. The summed E-state index contributed by atoms with van der Waals surface area (Å²) in [5.41, 5.74) is 0.408. The minimum Gasteiger partial charge on any atom is -0.482 e. The van der Waals surface area contributed by atoms with Gasteiger partial charge in [0, 0.05) is 10.6 Å². The summed E-state index contributed by atoms with van der Waals surface area (Å²) in [6.45, 7) is 0.420. The van der Waals surface area contributed by atoms with Crippen LogP contribution in [0.3, 0.4) is 0 Å². The first kappa shape index (κ1) is 19.4. The molecule has 0 saturated carbocycles. The van der Waals surface area contributed by atoms with E-state index in [-0.39, 0.29) is 16.5 Å². The molecule has 0 aliphatic carbocycles. The number of Topliss-reactive ketones (excluding diaryl/α,β-unsaturated/α-hetero) is 1. The molecular weight excluding hydrogens is 365 g/mol. The number of hydrogen-bond acceptors (Lipinski definition) is 5. The molecule has 1 amide bonds. The molecule has 0 aromatic heterocycles. The highest BCUT2D eigenvalue weighted by molar-refractivity contribution is 6.30. The lowest BCUT2D eigenvalue weighted by molar-refractivity contribution is -0.149. The lowest BCUT2D eigenvalue weighted by Gasteiger charge is -2.09. The number of rotatable bonds is 7. The van der Waals surface area contributed by atoms with Gasteiger partial charge in [0.15, 0.2) is 19.0 Å². The number of carbonyl (C=O) groups excluding carboxylic acids is 3. The van der Waals surface area contributed by atoms with Gasteiger partial charge in [-0.2, -0.15) is 0 Å². The molecule has 2 aromatic rings. The summed E-state index contributed by atoms with van der Waals surface area (Å²) in [5, 5.41) is 2.50. The number of hydrogen-bond donors (Lipinski definition) is 1. The first-order valence-electron chi connectivity index (χ1n) is 7.49. The monoisotopic (exact) mass is 379 g/mol. The van der Waals surface area contributed by atoms with Crippen LogP contribution in [0.25, 0.3) is 0 Å². The van der Waals surface area contributed by atoms with Crippen molar-refractivity contribution in [3.05, 3.63) is 58.9 Å². The largest absolute Gasteiger partial charge is 0.482 e. The van der Waals surface area contributed by atoms with E-state index in [9.17, 15) is 18.8 Å². The van der Waals surface area contributed by atoms with Crippen LogP contribution >= 0.6 is 11.6 Å². The second-order valence-corrected chi connectivity index (χ2v) is 5.64. The molecule has 6 nitrogen and oxygen atoms in total. The molecule has 0 unspecified atom stereocenters. The zero-order valence-corrected chi connectivity index (χ0v) is 14.5. The van der Waals surface area contributed by atoms with Crippen molar-refractivity contribution in [2.24, 2.45) is 0 Å². The Hall–Kier alpha value is -2.93. The first-order chi connectivity index (χ1) is 12.3. The topological polar surface area (TPSA) is 81.7 Å². The smallest absolute Gasteiger partial charge is 0.344 e. The SMILES string of the molecule is CC(=O)c1ccc(OCC(=O)OCC(=O)Nc2cc(Cl)ccc2F)cc1. The second-order valence-electron chi connectivity index (χ2n) is 5.20. The standard InChI is InChI=1S/C18H15ClFNO5/c1-11(22)12-2-5-14(6-3-12)25-10-18(24)26-9-17(23)21-16-8-13(19)4-7-15(16)20/h2-8H,9-10H2,1H3,(H,21,23). The third-order valence-corrected chi connectivity index (χ3v) is 3.42. The lowest BCUT2D eigenvalue weighted by atomic mass is 10.1. The van der Waals surface area contributed by atoms with Crippen molar-refractivity contribution in [2.75, 3.05) is 18.5 Å². The second kappa shape index (κ2) is 8.96. The molecule has 0 radical (unpaired) electrons. The Bertz CT molecular complexity index is 823. The van der Waals surface area contributed by atoms with Crippen LogP contribution in [0.15, 0.2) is 42.5 Å². The summed E-state index contributed by atoms with van der Waals surface area (Å²) in [5.74, 6) is -1.87. The quantitative estimate of drug-likeness (QED) is 0.590. The molecule has 136 valence electrons. The zero-order valence-electron chi connectivity index (χ0n) is 13.8. The zero-order chi connectivity index (χ0) is 19.1. The van der Waals surface area contributed by atoms with E-state index >= 15 is 0 Å². The number of anilines is 1. The van der Waals surface area contributed by atoms with E-state index in [0.717, 1.165) is 6.07 Å². The predicted octanol–water partition coefficient (Wildman–Crippen LogP) is 3.24. The summed E-state index contributed by atoms with van der Waals surface area (Å²) in [6, 6.07) is 9.90. The number of ketones is 1. The molecule has 0 aliphatic heterocycles. The number of esters is 1. The predicted molar refractivity (Wildman–Crippen MR) is 92.9 cm³/mol. The van der Waals surface area contributed by atoms with Gasteiger partial charge in [-0.3, -0.25) is 9.59 Å². The summed E-state index contributed by atoms with van der Waals surface area (Å²) in [6.07, 6.45) is 0. The van der Waals surface area contributed by atoms with Gasteiger partial charge in [0.2, 0.25) is 0 Å². The van der Waals surface area contributed by atoms with Gasteiger partial charge in [-0.1, -0.05) is 11.6 Å². The van der Waals surface area contributed by atoms with Crippen LogP contribution in [0.5, 0.6) is 5.75 Å². The van der Waals surface area contributed by atoms with E-state index < -0.39 is 30.9 Å². The molecule has 2 rings (SSSR count). The molecule has 0 fully saturated rings. The van der Waals surface area contributed by atoms with Crippen LogP contribution in [0, 0.1) is 5.82 Å². The molecule has 0 aliphatic rings. The molecular formula is C18H15ClFNO5. The van der Waals surface area contributed by atoms with Gasteiger partial charge in [-0.15, -0.1) is 0 Å². The van der Waals surface area contributed by atoms with E-state index in [2.05, 4.69) is 5.32 Å². The molecule has 0 heterocycles. The van der Waals surface area contributed by atoms with Gasteiger partial charge in [0.25, 0.3) is 5.91 Å². The maximum absolute atomic E-state index is 13.5. The van der Waals surface area contributed by atoms with Crippen molar-refractivity contribution in [3.8, 4) is 5.75 Å². The fourth-order valence-electron chi connectivity index (χ4n) is 1.90. The number of carbonyl (C=O) groups is 3. The van der Waals surface area contributed by atoms with Crippen LogP contribution in [-0.4, -0.2) is 30.9 Å². The first-order valence-corrected chi connectivity index (χ1v) is 7.87. The fraction of sp³-hybridized carbons (Fsp3) is 0.167. The van der Waals surface area contributed by atoms with Crippen LogP contribution in [0.4, 0.5) is 10.1 Å². The van der Waals surface area contributed by atoms with Crippen LogP contribution in [-0.2, 0) is 14.3 Å². The van der Waals surface area contributed by atoms with Crippen molar-refractivity contribution >= 4 is 34.9 Å². The van der Waals surface area contributed by atoms with Crippen LogP contribution in [0.2, 0.25) is 5.02 Å². The fourth-order valence-corrected chi connectivity index (χ4v) is 2.07. The average Bonchev–Trinajstić information content (AvgIpc) is 2.61. The minimum atomic E-state index is -0.776. The van der Waals surface area contributed by atoms with Crippen molar-refractivity contribution in [3.63, 3.8) is 0 Å². The third kappa shape index (κ3) is 5.86. The molecule has 0 atom stereocenters. The van der Waals surface area contributed by atoms with E-state index in [0.29, 0.717) is 11.3 Å². The summed E-state index contributed by atoms with van der Waals surface area (Å²) in [4.78, 5) is 34.4. The Labute approximate surface area is 153 Å². The van der Waals surface area contributed by atoms with E-state index in [1.54, 1.807) is 24.3 Å². The lowest BCUT2D eigenvalue weighted by Crippen LogP contribution is -2.24. The molecule has 0 bridgehead atoms. The van der Waals surface area contributed by atoms with E-state index in [1.165, 1.54) is 19.1 Å². The van der Waals surface area contributed by atoms with Crippen molar-refractivity contribution in [2.45, 2.75) is 6.92 Å². The number of ether oxygens (including phenoxy) is 2. The third-order valence-electron chi connectivity index (χ3n) is 3.18. The van der Waals surface area contributed by atoms with Gasteiger partial charge in [-0.05, 0) is 49.4 Å². The van der Waals surface area contributed by atoms with Crippen LogP contribution in [0.1, 0.15) is 17.3 Å². The van der Waals surface area contributed by atoms with Crippen molar-refractivity contribution < 1.29 is 28.2 Å². The number of halogens is 2. The molecule has 0 saturated heterocycles. The highest BCUT2D eigenvalue weighted by Crippen LogP contribution is 2.19. The minimum absolute atomic E-state index is 0.0851. The Morgan fingerprint density at radius 3 is 2.42 bits per heavy atom. The maximum Gasteiger partial charge on any atom is 0.344 e. The van der Waals surface area contributed by atoms with Crippen molar-refractivity contribution in [1.29, 1.82) is 0 Å². The highest BCUT2D eigenvalue weighted by Gasteiger charge is 2.11. The number of benzene rings is 2. The Kier molecular flexibility index (Phi) is 6.68. The van der Waals surface area contributed by atoms with Gasteiger partial charge in [0.05, 0.1) is 5.69 Å².